The van der Waals surface area contributed by atoms with E-state index < -0.39 is 35.1 Å². The van der Waals surface area contributed by atoms with Crippen LogP contribution in [0.1, 0.15) is 17.9 Å². The van der Waals surface area contributed by atoms with Crippen LogP contribution in [0, 0.1) is 11.6 Å². The van der Waals surface area contributed by atoms with Crippen LogP contribution in [0.25, 0.3) is 0 Å². The molecule has 0 radical (unpaired) electrons. The summed E-state index contributed by atoms with van der Waals surface area (Å²) in [5.74, 6) is -4.94. The summed E-state index contributed by atoms with van der Waals surface area (Å²) in [6, 6.07) is 1.98. The molecule has 0 N–H and O–H groups in total. The van der Waals surface area contributed by atoms with Crippen molar-refractivity contribution in [2.45, 2.75) is 12.3 Å². The Balaban J connectivity index is 2.52. The number of hydrogen-bond acceptors (Lipinski definition) is 3. The van der Waals surface area contributed by atoms with Crippen molar-refractivity contribution < 1.29 is 23.1 Å². The van der Waals surface area contributed by atoms with E-state index in [9.17, 15) is 18.4 Å². The largest absolute Gasteiger partial charge is 0.393 e. The lowest BCUT2D eigenvalue weighted by molar-refractivity contribution is -0.152. The first kappa shape index (κ1) is 11.0. The Morgan fingerprint density at radius 2 is 2.00 bits per heavy atom. The smallest absolute Gasteiger partial charge is 0.321 e. The molecular weight excluding hydrogens is 242 g/mol. The maximum absolute atomic E-state index is 13.5. The van der Waals surface area contributed by atoms with E-state index >= 15 is 0 Å². The third kappa shape index (κ3) is 1.67. The fourth-order valence-electron chi connectivity index (χ4n) is 1.56. The number of esters is 2. The van der Waals surface area contributed by atoms with Crippen molar-refractivity contribution in [3.63, 3.8) is 0 Å². The van der Waals surface area contributed by atoms with Gasteiger partial charge in [-0.1, -0.05) is 11.6 Å². The minimum atomic E-state index is -1.24. The van der Waals surface area contributed by atoms with Gasteiger partial charge in [-0.3, -0.25) is 9.59 Å². The highest BCUT2D eigenvalue weighted by molar-refractivity contribution is 6.30. The molecule has 1 aromatic carbocycles. The summed E-state index contributed by atoms with van der Waals surface area (Å²) in [6.07, 6.45) is -0.368. The van der Waals surface area contributed by atoms with Crippen molar-refractivity contribution >= 4 is 23.5 Å². The highest BCUT2D eigenvalue weighted by Gasteiger charge is 2.38. The van der Waals surface area contributed by atoms with Gasteiger partial charge in [0.2, 0.25) is 0 Å². The summed E-state index contributed by atoms with van der Waals surface area (Å²) in [4.78, 5) is 22.0. The van der Waals surface area contributed by atoms with Gasteiger partial charge in [-0.15, -0.1) is 0 Å². The molecule has 6 heteroatoms. The van der Waals surface area contributed by atoms with Crippen LogP contribution in [0.2, 0.25) is 5.02 Å². The van der Waals surface area contributed by atoms with Crippen LogP contribution in [0.3, 0.4) is 0 Å². The monoisotopic (exact) mass is 246 g/mol. The van der Waals surface area contributed by atoms with E-state index in [1.165, 1.54) is 0 Å². The van der Waals surface area contributed by atoms with E-state index in [0.29, 0.717) is 0 Å². The van der Waals surface area contributed by atoms with Crippen LogP contribution in [0.15, 0.2) is 12.1 Å². The van der Waals surface area contributed by atoms with Crippen LogP contribution >= 0.6 is 11.6 Å². The molecule has 16 heavy (non-hydrogen) atoms. The quantitative estimate of drug-likeness (QED) is 0.433. The second-order valence-electron chi connectivity index (χ2n) is 3.31. The SMILES string of the molecule is O=C1CC(c2c(F)ccc(Cl)c2F)C(=O)O1. The van der Waals surface area contributed by atoms with Gasteiger partial charge in [-0.2, -0.15) is 0 Å². The van der Waals surface area contributed by atoms with Crippen LogP contribution < -0.4 is 0 Å². The highest BCUT2D eigenvalue weighted by atomic mass is 35.5. The Labute approximate surface area is 94.0 Å². The van der Waals surface area contributed by atoms with Crippen molar-refractivity contribution in [3.8, 4) is 0 Å². The van der Waals surface area contributed by atoms with E-state index in [1.807, 2.05) is 0 Å². The summed E-state index contributed by atoms with van der Waals surface area (Å²) in [5, 5.41) is -0.302. The summed E-state index contributed by atoms with van der Waals surface area (Å²) in [5.41, 5.74) is -0.511. The molecule has 1 aromatic rings. The number of rotatable bonds is 1. The highest BCUT2D eigenvalue weighted by Crippen LogP contribution is 2.33. The van der Waals surface area contributed by atoms with E-state index in [1.54, 1.807) is 0 Å². The molecular formula is C10H5ClF2O3. The lowest BCUT2D eigenvalue weighted by atomic mass is 9.96. The van der Waals surface area contributed by atoms with E-state index in [4.69, 9.17) is 11.6 Å². The fourth-order valence-corrected chi connectivity index (χ4v) is 1.72. The van der Waals surface area contributed by atoms with Gasteiger partial charge < -0.3 is 4.74 Å². The third-order valence-corrected chi connectivity index (χ3v) is 2.59. The van der Waals surface area contributed by atoms with Gasteiger partial charge in [-0.25, -0.2) is 8.78 Å². The number of benzene rings is 1. The maximum atomic E-state index is 13.5. The summed E-state index contributed by atoms with van der Waals surface area (Å²) >= 11 is 5.47. The molecule has 3 nitrogen and oxygen atoms in total. The Hall–Kier alpha value is -1.49. The zero-order valence-corrected chi connectivity index (χ0v) is 8.55. The standard InChI is InChI=1S/C10H5ClF2O3/c11-5-1-2-6(12)8(9(5)13)4-3-7(14)16-10(4)15/h1-2,4H,3H2. The number of halogens is 3. The lowest BCUT2D eigenvalue weighted by Crippen LogP contribution is -2.10. The molecule has 0 spiro atoms. The second kappa shape index (κ2) is 3.83. The topological polar surface area (TPSA) is 43.4 Å². The van der Waals surface area contributed by atoms with Gasteiger partial charge in [0.15, 0.2) is 0 Å². The predicted octanol–water partition coefficient (Wildman–Crippen LogP) is 2.18. The van der Waals surface area contributed by atoms with Crippen LogP contribution in [0.5, 0.6) is 0 Å². The summed E-state index contributed by atoms with van der Waals surface area (Å²) < 4.78 is 31.1. The molecule has 0 bridgehead atoms. The first-order valence-corrected chi connectivity index (χ1v) is 4.76. The van der Waals surface area contributed by atoms with Gasteiger partial charge in [0.25, 0.3) is 0 Å². The Morgan fingerprint density at radius 3 is 2.56 bits per heavy atom. The molecule has 1 saturated heterocycles. The Kier molecular flexibility index (Phi) is 2.63. The second-order valence-corrected chi connectivity index (χ2v) is 3.71. The van der Waals surface area contributed by atoms with Gasteiger partial charge >= 0.3 is 11.9 Å². The van der Waals surface area contributed by atoms with Gasteiger partial charge in [-0.05, 0) is 12.1 Å². The molecule has 1 aliphatic rings. The minimum Gasteiger partial charge on any atom is -0.393 e. The summed E-state index contributed by atoms with van der Waals surface area (Å²) in [6.45, 7) is 0. The van der Waals surface area contributed by atoms with Gasteiger partial charge in [0.1, 0.15) is 11.6 Å². The number of carbonyl (C=O) groups is 2. The Morgan fingerprint density at radius 1 is 1.31 bits per heavy atom. The molecule has 2 rings (SSSR count). The van der Waals surface area contributed by atoms with Crippen molar-refractivity contribution in [2.75, 3.05) is 0 Å². The normalized spacial score (nSPS) is 20.1. The van der Waals surface area contributed by atoms with Crippen LogP contribution in [-0.2, 0) is 14.3 Å². The zero-order valence-electron chi connectivity index (χ0n) is 7.80. The van der Waals surface area contributed by atoms with Gasteiger partial charge in [0, 0.05) is 5.56 Å². The van der Waals surface area contributed by atoms with E-state index in [-0.39, 0.29) is 11.4 Å². The number of ether oxygens (including phenoxy) is 1. The summed E-state index contributed by atoms with van der Waals surface area (Å²) in [7, 11) is 0. The molecule has 1 aliphatic heterocycles. The third-order valence-electron chi connectivity index (χ3n) is 2.30. The molecule has 1 heterocycles. The number of cyclic esters (lactones) is 2. The van der Waals surface area contributed by atoms with Gasteiger partial charge in [0.05, 0.1) is 17.4 Å². The van der Waals surface area contributed by atoms with Crippen LogP contribution in [-0.4, -0.2) is 11.9 Å². The lowest BCUT2D eigenvalue weighted by Gasteiger charge is -2.08. The molecule has 0 aromatic heterocycles. The molecule has 0 amide bonds. The maximum Gasteiger partial charge on any atom is 0.321 e. The number of carbonyl (C=O) groups excluding carboxylic acids is 2. The average Bonchev–Trinajstić information content (AvgIpc) is 2.53. The molecule has 84 valence electrons. The molecule has 1 unspecified atom stereocenters. The van der Waals surface area contributed by atoms with Crippen molar-refractivity contribution in [3.05, 3.63) is 34.4 Å². The molecule has 1 atom stereocenters. The fraction of sp³-hybridized carbons (Fsp3) is 0.200. The molecule has 0 saturated carbocycles. The van der Waals surface area contributed by atoms with Crippen molar-refractivity contribution in [1.82, 2.24) is 0 Å². The predicted molar refractivity (Wildman–Crippen MR) is 49.8 cm³/mol. The Bertz CT molecular complexity index is 487. The van der Waals surface area contributed by atoms with Crippen molar-refractivity contribution in [1.29, 1.82) is 0 Å². The minimum absolute atomic E-state index is 0.302. The average molecular weight is 247 g/mol. The zero-order chi connectivity index (χ0) is 11.9. The first-order chi connectivity index (χ1) is 7.50. The van der Waals surface area contributed by atoms with Crippen molar-refractivity contribution in [2.24, 2.45) is 0 Å². The number of hydrogen-bond donors (Lipinski definition) is 0. The van der Waals surface area contributed by atoms with Crippen LogP contribution in [0.4, 0.5) is 8.78 Å². The molecule has 1 fully saturated rings. The van der Waals surface area contributed by atoms with E-state index in [2.05, 4.69) is 4.74 Å². The first-order valence-electron chi connectivity index (χ1n) is 4.38. The van der Waals surface area contributed by atoms with E-state index in [0.717, 1.165) is 12.1 Å². The molecule has 0 aliphatic carbocycles.